The zero-order chi connectivity index (χ0) is 19.6. The summed E-state index contributed by atoms with van der Waals surface area (Å²) in [5, 5.41) is 0.542. The van der Waals surface area contributed by atoms with E-state index in [-0.39, 0.29) is 16.1 Å². The predicted molar refractivity (Wildman–Crippen MR) is 99.2 cm³/mol. The van der Waals surface area contributed by atoms with Crippen LogP contribution in [-0.2, 0) is 14.3 Å². The Bertz CT molecular complexity index is 964. The lowest BCUT2D eigenvalue weighted by Gasteiger charge is -2.14. The van der Waals surface area contributed by atoms with Crippen molar-refractivity contribution < 1.29 is 23.9 Å². The third-order valence-electron chi connectivity index (χ3n) is 3.75. The molecule has 1 aliphatic rings. The molecule has 0 atom stereocenters. The second-order valence-corrected chi connectivity index (χ2v) is 6.33. The summed E-state index contributed by atoms with van der Waals surface area (Å²) in [6.45, 7) is -0.467. The number of nitrogens with zero attached hydrogens (tertiary/aromatic N) is 1. The Labute approximate surface area is 163 Å². The van der Waals surface area contributed by atoms with Crippen molar-refractivity contribution in [1.29, 1.82) is 0 Å². The summed E-state index contributed by atoms with van der Waals surface area (Å²) in [7, 11) is 0. The number of halogens is 2. The summed E-state index contributed by atoms with van der Waals surface area (Å²) in [4.78, 5) is 48.4. The number of Topliss-reactive ketones (excluding diaryl/α,β-unsaturated/α-hetero) is 1. The molecule has 0 unspecified atom stereocenters. The van der Waals surface area contributed by atoms with Crippen molar-refractivity contribution in [1.82, 2.24) is 0 Å². The van der Waals surface area contributed by atoms with E-state index >= 15 is 0 Å². The van der Waals surface area contributed by atoms with E-state index < -0.39 is 30.2 Å². The maximum atomic E-state index is 12.1. The molecule has 0 saturated heterocycles. The topological polar surface area (TPSA) is 80.8 Å². The highest BCUT2D eigenvalue weighted by Crippen LogP contribution is 2.23. The molecule has 0 radical (unpaired) electrons. The lowest BCUT2D eigenvalue weighted by atomic mass is 10.1. The van der Waals surface area contributed by atoms with Gasteiger partial charge < -0.3 is 4.74 Å². The SMILES string of the molecule is O=C(COC(=O)c1ccc(N2C(=O)C=CC2=O)cc1)c1ccc(Cl)c(Cl)c1. The Morgan fingerprint density at radius 1 is 0.852 bits per heavy atom. The van der Waals surface area contributed by atoms with E-state index in [1.54, 1.807) is 0 Å². The number of benzene rings is 2. The van der Waals surface area contributed by atoms with E-state index in [0.717, 1.165) is 4.90 Å². The molecule has 8 heteroatoms. The fourth-order valence-corrected chi connectivity index (χ4v) is 2.67. The normalized spacial score (nSPS) is 13.2. The first-order chi connectivity index (χ1) is 12.9. The van der Waals surface area contributed by atoms with E-state index in [1.807, 2.05) is 0 Å². The van der Waals surface area contributed by atoms with Gasteiger partial charge in [-0.15, -0.1) is 0 Å². The van der Waals surface area contributed by atoms with Gasteiger partial charge in [0.1, 0.15) is 0 Å². The zero-order valence-electron chi connectivity index (χ0n) is 13.6. The maximum absolute atomic E-state index is 12.1. The summed E-state index contributed by atoms with van der Waals surface area (Å²) in [5.74, 6) is -2.06. The number of hydrogen-bond donors (Lipinski definition) is 0. The quantitative estimate of drug-likeness (QED) is 0.433. The van der Waals surface area contributed by atoms with Crippen molar-refractivity contribution in [2.75, 3.05) is 11.5 Å². The van der Waals surface area contributed by atoms with E-state index in [2.05, 4.69) is 0 Å². The Morgan fingerprint density at radius 2 is 1.44 bits per heavy atom. The van der Waals surface area contributed by atoms with Gasteiger partial charge in [0.25, 0.3) is 11.8 Å². The second-order valence-electron chi connectivity index (χ2n) is 5.52. The van der Waals surface area contributed by atoms with Gasteiger partial charge in [0, 0.05) is 17.7 Å². The average Bonchev–Trinajstić information content (AvgIpc) is 3.00. The Morgan fingerprint density at radius 3 is 2.04 bits per heavy atom. The molecule has 136 valence electrons. The van der Waals surface area contributed by atoms with Crippen molar-refractivity contribution in [3.63, 3.8) is 0 Å². The van der Waals surface area contributed by atoms with Crippen molar-refractivity contribution in [2.24, 2.45) is 0 Å². The molecule has 27 heavy (non-hydrogen) atoms. The standard InChI is InChI=1S/C19H11Cl2NO5/c20-14-6-3-12(9-15(14)21)16(23)10-27-19(26)11-1-4-13(5-2-11)22-17(24)7-8-18(22)25/h1-9H,10H2. The van der Waals surface area contributed by atoms with Gasteiger partial charge in [0.2, 0.25) is 0 Å². The third-order valence-corrected chi connectivity index (χ3v) is 4.49. The van der Waals surface area contributed by atoms with Crippen molar-refractivity contribution in [3.8, 4) is 0 Å². The molecule has 0 saturated carbocycles. The summed E-state index contributed by atoms with van der Waals surface area (Å²) < 4.78 is 5.00. The Hall–Kier alpha value is -2.96. The van der Waals surface area contributed by atoms with Gasteiger partial charge in [0.15, 0.2) is 12.4 Å². The molecule has 3 rings (SSSR count). The number of amides is 2. The molecule has 0 aliphatic carbocycles. The first kappa shape index (κ1) is 18.8. The second kappa shape index (κ2) is 7.73. The van der Waals surface area contributed by atoms with E-state index in [9.17, 15) is 19.2 Å². The fourth-order valence-electron chi connectivity index (χ4n) is 2.37. The smallest absolute Gasteiger partial charge is 0.338 e. The van der Waals surface area contributed by atoms with Crippen LogP contribution in [0, 0.1) is 0 Å². The molecule has 0 spiro atoms. The molecule has 0 aromatic heterocycles. The van der Waals surface area contributed by atoms with Crippen LogP contribution in [0.1, 0.15) is 20.7 Å². The van der Waals surface area contributed by atoms with Crippen molar-refractivity contribution in [2.45, 2.75) is 0 Å². The molecule has 1 heterocycles. The number of anilines is 1. The monoisotopic (exact) mass is 403 g/mol. The van der Waals surface area contributed by atoms with Crippen LogP contribution in [0.4, 0.5) is 5.69 Å². The van der Waals surface area contributed by atoms with Crippen LogP contribution in [0.15, 0.2) is 54.6 Å². The van der Waals surface area contributed by atoms with Gasteiger partial charge in [-0.1, -0.05) is 23.2 Å². The highest BCUT2D eigenvalue weighted by atomic mass is 35.5. The number of ketones is 1. The van der Waals surface area contributed by atoms with Crippen LogP contribution < -0.4 is 4.90 Å². The number of carbonyl (C=O) groups is 4. The minimum Gasteiger partial charge on any atom is -0.454 e. The zero-order valence-corrected chi connectivity index (χ0v) is 15.2. The van der Waals surface area contributed by atoms with Gasteiger partial charge in [-0.2, -0.15) is 0 Å². The molecule has 0 N–H and O–H groups in total. The van der Waals surface area contributed by atoms with E-state index in [4.69, 9.17) is 27.9 Å². The average molecular weight is 404 g/mol. The van der Waals surface area contributed by atoms with Gasteiger partial charge >= 0.3 is 5.97 Å². The van der Waals surface area contributed by atoms with Crippen LogP contribution in [-0.4, -0.2) is 30.2 Å². The highest BCUT2D eigenvalue weighted by molar-refractivity contribution is 6.42. The molecule has 2 aromatic carbocycles. The number of carbonyl (C=O) groups excluding carboxylic acids is 4. The fraction of sp³-hybridized carbons (Fsp3) is 0.0526. The Balaban J connectivity index is 1.62. The molecular formula is C19H11Cl2NO5. The number of hydrogen-bond acceptors (Lipinski definition) is 5. The lowest BCUT2D eigenvalue weighted by molar-refractivity contribution is -0.119. The van der Waals surface area contributed by atoms with Crippen molar-refractivity contribution >= 4 is 52.5 Å². The van der Waals surface area contributed by atoms with Crippen LogP contribution in [0.25, 0.3) is 0 Å². The summed E-state index contributed by atoms with van der Waals surface area (Å²) in [5.41, 5.74) is 0.775. The van der Waals surface area contributed by atoms with Gasteiger partial charge in [-0.05, 0) is 42.5 Å². The van der Waals surface area contributed by atoms with E-state index in [0.29, 0.717) is 10.7 Å². The van der Waals surface area contributed by atoms with Gasteiger partial charge in [0.05, 0.1) is 21.3 Å². The van der Waals surface area contributed by atoms with Crippen LogP contribution in [0.2, 0.25) is 10.0 Å². The van der Waals surface area contributed by atoms with Crippen LogP contribution in [0.5, 0.6) is 0 Å². The molecule has 0 fully saturated rings. The first-order valence-electron chi connectivity index (χ1n) is 7.68. The summed E-state index contributed by atoms with van der Waals surface area (Å²) in [6, 6.07) is 10.1. The molecule has 0 bridgehead atoms. The van der Waals surface area contributed by atoms with Crippen LogP contribution in [0.3, 0.4) is 0 Å². The first-order valence-corrected chi connectivity index (χ1v) is 8.44. The van der Waals surface area contributed by atoms with Gasteiger partial charge in [-0.3, -0.25) is 14.4 Å². The number of imide groups is 1. The summed E-state index contributed by atoms with van der Waals surface area (Å²) in [6.07, 6.45) is 2.33. The molecular weight excluding hydrogens is 393 g/mol. The molecule has 6 nitrogen and oxygen atoms in total. The lowest BCUT2D eigenvalue weighted by Crippen LogP contribution is -2.29. The third kappa shape index (κ3) is 4.07. The van der Waals surface area contributed by atoms with Crippen LogP contribution >= 0.6 is 23.2 Å². The number of ether oxygens (including phenoxy) is 1. The maximum Gasteiger partial charge on any atom is 0.338 e. The predicted octanol–water partition coefficient (Wildman–Crippen LogP) is 3.46. The Kier molecular flexibility index (Phi) is 5.39. The summed E-state index contributed by atoms with van der Waals surface area (Å²) >= 11 is 11.7. The largest absolute Gasteiger partial charge is 0.454 e. The van der Waals surface area contributed by atoms with E-state index in [1.165, 1.54) is 54.6 Å². The van der Waals surface area contributed by atoms with Crippen molar-refractivity contribution in [3.05, 3.63) is 75.8 Å². The molecule has 2 amide bonds. The highest BCUT2D eigenvalue weighted by Gasteiger charge is 2.25. The number of esters is 1. The van der Waals surface area contributed by atoms with Gasteiger partial charge in [-0.25, -0.2) is 9.69 Å². The molecule has 2 aromatic rings. The number of rotatable bonds is 5. The molecule has 1 aliphatic heterocycles. The minimum atomic E-state index is -0.716. The minimum absolute atomic E-state index is 0.174.